The van der Waals surface area contributed by atoms with Crippen molar-refractivity contribution in [1.82, 2.24) is 19.4 Å². The van der Waals surface area contributed by atoms with Gasteiger partial charge in [-0.2, -0.15) is 13.2 Å². The third kappa shape index (κ3) is 6.64. The molecular weight excluding hydrogens is 607 g/mol. The van der Waals surface area contributed by atoms with E-state index in [0.29, 0.717) is 12.1 Å². The maximum absolute atomic E-state index is 14.3. The smallest absolute Gasteiger partial charge is 0.332 e. The molecule has 1 amide bonds. The number of hydrogen-bond donors (Lipinski definition) is 0. The number of sulfone groups is 1. The molecule has 0 N–H and O–H groups in total. The van der Waals surface area contributed by atoms with Crippen molar-refractivity contribution in [2.24, 2.45) is 5.92 Å². The number of pyridine rings is 1. The van der Waals surface area contributed by atoms with Gasteiger partial charge in [0.15, 0.2) is 5.65 Å². The molecule has 8 nitrogen and oxygen atoms in total. The molecule has 2 aromatic carbocycles. The molecule has 1 atom stereocenters. The summed E-state index contributed by atoms with van der Waals surface area (Å²) in [6, 6.07) is 9.44. The molecule has 0 bridgehead atoms. The number of rotatable bonds is 7. The van der Waals surface area contributed by atoms with E-state index in [-0.39, 0.29) is 64.9 Å². The first kappa shape index (κ1) is 31.2. The Morgan fingerprint density at radius 2 is 1.75 bits per heavy atom. The van der Waals surface area contributed by atoms with Gasteiger partial charge in [0.05, 0.1) is 40.6 Å². The quantitative estimate of drug-likeness (QED) is 0.264. The first-order valence-corrected chi connectivity index (χ1v) is 15.5. The Kier molecular flexibility index (Phi) is 8.56. The molecule has 0 saturated carbocycles. The maximum atomic E-state index is 14.3. The minimum absolute atomic E-state index is 0.00650. The lowest BCUT2D eigenvalue weighted by Crippen LogP contribution is -2.42. The summed E-state index contributed by atoms with van der Waals surface area (Å²) < 4.78 is 92.8. The van der Waals surface area contributed by atoms with Gasteiger partial charge in [0.2, 0.25) is 5.91 Å². The van der Waals surface area contributed by atoms with Crippen LogP contribution in [0.25, 0.3) is 16.7 Å². The highest BCUT2D eigenvalue weighted by atomic mass is 32.2. The first-order valence-electron chi connectivity index (χ1n) is 13.7. The molecule has 0 spiro atoms. The Morgan fingerprint density at radius 3 is 2.39 bits per heavy atom. The number of alkyl halides is 3. The van der Waals surface area contributed by atoms with Crippen molar-refractivity contribution in [3.8, 4) is 5.69 Å². The summed E-state index contributed by atoms with van der Waals surface area (Å²) in [5.74, 6) is -2.99. The maximum Gasteiger partial charge on any atom is 0.419 e. The van der Waals surface area contributed by atoms with Crippen LogP contribution in [0.4, 0.5) is 22.0 Å². The normalized spacial score (nSPS) is 16.1. The van der Waals surface area contributed by atoms with Gasteiger partial charge in [-0.3, -0.25) is 14.2 Å². The van der Waals surface area contributed by atoms with Crippen LogP contribution in [0.3, 0.4) is 0 Å². The van der Waals surface area contributed by atoms with Crippen LogP contribution in [0, 0.1) is 17.6 Å². The van der Waals surface area contributed by atoms with Crippen LogP contribution in [0.5, 0.6) is 0 Å². The molecule has 0 radical (unpaired) electrons. The average molecular weight is 635 g/mol. The molecule has 44 heavy (non-hydrogen) atoms. The van der Waals surface area contributed by atoms with Crippen LogP contribution < -0.4 is 5.56 Å². The van der Waals surface area contributed by atoms with Crippen molar-refractivity contribution in [2.75, 3.05) is 18.1 Å². The topological polar surface area (TPSA) is 102 Å². The van der Waals surface area contributed by atoms with Gasteiger partial charge in [-0.25, -0.2) is 27.2 Å². The van der Waals surface area contributed by atoms with Crippen molar-refractivity contribution in [1.29, 1.82) is 0 Å². The zero-order valence-electron chi connectivity index (χ0n) is 23.4. The summed E-state index contributed by atoms with van der Waals surface area (Å²) in [5.41, 5.74) is -1.64. The standard InChI is InChI=1S/C30H27F5N4O4S/c1-18(28-37-27-23(3-2-12-36-27)29(41)39(28)22-7-5-21(31)6-8-22)38(17-19-10-13-44(42,43)14-11-19)26(40)16-20-4-9-24(25(32)15-20)30(33,34)35/h2-9,12,15,18-19H,10-11,13-14,16-17H2,1H3/t18-/m1/s1. The third-order valence-corrected chi connectivity index (χ3v) is 9.45. The third-order valence-electron chi connectivity index (χ3n) is 7.74. The predicted molar refractivity (Wildman–Crippen MR) is 152 cm³/mol. The highest BCUT2D eigenvalue weighted by molar-refractivity contribution is 7.91. The van der Waals surface area contributed by atoms with Gasteiger partial charge in [-0.1, -0.05) is 6.07 Å². The Labute approximate surface area is 249 Å². The summed E-state index contributed by atoms with van der Waals surface area (Å²) in [6.07, 6.45) is -3.41. The molecule has 1 aliphatic rings. The number of hydrogen-bond acceptors (Lipinski definition) is 6. The fourth-order valence-corrected chi connectivity index (χ4v) is 6.93. The minimum atomic E-state index is -4.91. The van der Waals surface area contributed by atoms with E-state index in [9.17, 15) is 40.0 Å². The van der Waals surface area contributed by atoms with Crippen molar-refractivity contribution in [2.45, 2.75) is 38.4 Å². The van der Waals surface area contributed by atoms with Crippen LogP contribution in [-0.4, -0.2) is 51.8 Å². The fourth-order valence-electron chi connectivity index (χ4n) is 5.35. The molecule has 0 aliphatic carbocycles. The van der Waals surface area contributed by atoms with Crippen LogP contribution in [-0.2, 0) is 27.2 Å². The molecule has 1 aliphatic heterocycles. The minimum Gasteiger partial charge on any atom is -0.332 e. The molecule has 1 fully saturated rings. The Hall–Kier alpha value is -4.20. The summed E-state index contributed by atoms with van der Waals surface area (Å²) in [4.78, 5) is 37.7. The van der Waals surface area contributed by atoms with Gasteiger partial charge in [-0.15, -0.1) is 0 Å². The molecule has 232 valence electrons. The number of nitrogens with zero attached hydrogens (tertiary/aromatic N) is 4. The number of benzene rings is 2. The highest BCUT2D eigenvalue weighted by Crippen LogP contribution is 2.32. The first-order chi connectivity index (χ1) is 20.7. The number of carbonyl (C=O) groups is 1. The van der Waals surface area contributed by atoms with Crippen LogP contribution in [0.1, 0.15) is 42.8 Å². The lowest BCUT2D eigenvalue weighted by molar-refractivity contribution is -0.140. The average Bonchev–Trinajstić information content (AvgIpc) is 2.96. The highest BCUT2D eigenvalue weighted by Gasteiger charge is 2.35. The van der Waals surface area contributed by atoms with E-state index >= 15 is 0 Å². The number of amides is 1. The molecule has 5 rings (SSSR count). The van der Waals surface area contributed by atoms with Gasteiger partial charge in [0.25, 0.3) is 5.56 Å². The summed E-state index contributed by atoms with van der Waals surface area (Å²) >= 11 is 0. The number of fused-ring (bicyclic) bond motifs is 1. The fraction of sp³-hybridized carbons (Fsp3) is 0.333. The van der Waals surface area contributed by atoms with Gasteiger partial charge >= 0.3 is 6.18 Å². The largest absolute Gasteiger partial charge is 0.419 e. The number of carbonyl (C=O) groups excluding carboxylic acids is 1. The second kappa shape index (κ2) is 12.1. The van der Waals surface area contributed by atoms with Gasteiger partial charge in [-0.05, 0) is 79.8 Å². The van der Waals surface area contributed by atoms with E-state index in [1.807, 2.05) is 0 Å². The van der Waals surface area contributed by atoms with Crippen molar-refractivity contribution in [3.05, 3.63) is 99.7 Å². The lowest BCUT2D eigenvalue weighted by atomic mass is 10.00. The van der Waals surface area contributed by atoms with Crippen molar-refractivity contribution < 1.29 is 35.2 Å². The summed E-state index contributed by atoms with van der Waals surface area (Å²) in [5, 5.41) is 0.170. The molecule has 1 saturated heterocycles. The molecule has 4 aromatic rings. The zero-order chi connectivity index (χ0) is 31.8. The van der Waals surface area contributed by atoms with Gasteiger partial charge in [0.1, 0.15) is 27.3 Å². The predicted octanol–water partition coefficient (Wildman–Crippen LogP) is 5.03. The molecule has 3 heterocycles. The molecule has 0 unspecified atom stereocenters. The number of aromatic nitrogens is 3. The van der Waals surface area contributed by atoms with Crippen LogP contribution in [0.15, 0.2) is 65.6 Å². The second-order valence-electron chi connectivity index (χ2n) is 10.8. The SMILES string of the molecule is C[C@H](c1nc2ncccc2c(=O)n1-c1ccc(F)cc1)N(CC1CCS(=O)(=O)CC1)C(=O)Cc1ccc(C(F)(F)F)c(F)c1. The zero-order valence-corrected chi connectivity index (χ0v) is 24.2. The Balaban J connectivity index is 1.58. The van der Waals surface area contributed by atoms with Crippen molar-refractivity contribution in [3.63, 3.8) is 0 Å². The van der Waals surface area contributed by atoms with Gasteiger partial charge in [0, 0.05) is 12.7 Å². The van der Waals surface area contributed by atoms with Gasteiger partial charge < -0.3 is 4.90 Å². The van der Waals surface area contributed by atoms with E-state index in [4.69, 9.17) is 0 Å². The van der Waals surface area contributed by atoms with Crippen LogP contribution in [0.2, 0.25) is 0 Å². The summed E-state index contributed by atoms with van der Waals surface area (Å²) in [7, 11) is -3.22. The van der Waals surface area contributed by atoms with Crippen molar-refractivity contribution >= 4 is 26.8 Å². The van der Waals surface area contributed by atoms with E-state index in [2.05, 4.69) is 9.97 Å². The molecule has 2 aromatic heterocycles. The Bertz CT molecular complexity index is 1860. The van der Waals surface area contributed by atoms with E-state index < -0.39 is 57.1 Å². The monoisotopic (exact) mass is 634 g/mol. The number of halogens is 5. The molecular formula is C30H27F5N4O4S. The van der Waals surface area contributed by atoms with Crippen LogP contribution >= 0.6 is 0 Å². The molecule has 14 heteroatoms. The summed E-state index contributed by atoms with van der Waals surface area (Å²) in [6.45, 7) is 1.64. The van der Waals surface area contributed by atoms with E-state index in [1.165, 1.54) is 33.9 Å². The lowest BCUT2D eigenvalue weighted by Gasteiger charge is -2.34. The van der Waals surface area contributed by atoms with E-state index in [1.54, 1.807) is 13.0 Å². The second-order valence-corrected chi connectivity index (χ2v) is 13.1. The Morgan fingerprint density at radius 1 is 1.07 bits per heavy atom. The van der Waals surface area contributed by atoms with E-state index in [0.717, 1.165) is 18.2 Å².